The highest BCUT2D eigenvalue weighted by molar-refractivity contribution is 6.23. The second kappa shape index (κ2) is 7.08. The molecule has 2 amide bonds. The number of ether oxygens (including phenoxy) is 1. The molecule has 2 aromatic rings. The number of hydrogen-bond donors (Lipinski definition) is 2. The van der Waals surface area contributed by atoms with Crippen molar-refractivity contribution in [3.63, 3.8) is 0 Å². The minimum absolute atomic E-state index is 0.0392. The lowest BCUT2D eigenvalue weighted by atomic mass is 10.1. The number of fused-ring (bicyclic) bond motifs is 1. The molecule has 29 heavy (non-hydrogen) atoms. The zero-order valence-corrected chi connectivity index (χ0v) is 15.9. The van der Waals surface area contributed by atoms with E-state index in [2.05, 4.69) is 10.2 Å². The molecule has 2 aliphatic rings. The molecule has 0 atom stereocenters. The number of rotatable bonds is 3. The molecule has 9 heteroatoms. The van der Waals surface area contributed by atoms with Crippen LogP contribution in [0.1, 0.15) is 50.3 Å². The van der Waals surface area contributed by atoms with Crippen molar-refractivity contribution in [2.24, 2.45) is 0 Å². The molecule has 1 fully saturated rings. The molecule has 9 nitrogen and oxygen atoms in total. The molecule has 0 aliphatic carbocycles. The fraction of sp³-hybridized carbons (Fsp3) is 0.300. The molecular formula is C20H20N4O5. The largest absolute Gasteiger partial charge is 0.465 e. The predicted octanol–water partition coefficient (Wildman–Crippen LogP) is 1.08. The molecule has 0 saturated carbocycles. The first-order valence-corrected chi connectivity index (χ1v) is 9.31. The lowest BCUT2D eigenvalue weighted by Crippen LogP contribution is -2.32. The minimum atomic E-state index is -0.653. The van der Waals surface area contributed by atoms with E-state index in [-0.39, 0.29) is 22.5 Å². The first-order chi connectivity index (χ1) is 13.9. The third-order valence-corrected chi connectivity index (χ3v) is 5.29. The molecule has 1 aromatic carbocycles. The summed E-state index contributed by atoms with van der Waals surface area (Å²) in [6.07, 6.45) is 3.13. The number of nitrogen functional groups attached to an aromatic ring is 1. The van der Waals surface area contributed by atoms with Crippen LogP contribution in [-0.2, 0) is 4.74 Å². The van der Waals surface area contributed by atoms with Gasteiger partial charge in [0.2, 0.25) is 0 Å². The second-order valence-corrected chi connectivity index (χ2v) is 7.02. The highest BCUT2D eigenvalue weighted by atomic mass is 16.5. The normalized spacial score (nSPS) is 15.8. The van der Waals surface area contributed by atoms with Crippen LogP contribution in [0.15, 0.2) is 29.1 Å². The number of piperidine rings is 1. The number of pyridine rings is 1. The van der Waals surface area contributed by atoms with Crippen LogP contribution in [-0.4, -0.2) is 42.6 Å². The van der Waals surface area contributed by atoms with Gasteiger partial charge in [-0.05, 0) is 37.5 Å². The van der Waals surface area contributed by atoms with Crippen molar-refractivity contribution < 1.29 is 19.1 Å². The molecule has 0 radical (unpaired) electrons. The van der Waals surface area contributed by atoms with Crippen molar-refractivity contribution in [2.45, 2.75) is 19.3 Å². The van der Waals surface area contributed by atoms with Crippen molar-refractivity contribution in [1.82, 2.24) is 9.88 Å². The van der Waals surface area contributed by atoms with E-state index in [4.69, 9.17) is 10.5 Å². The molecule has 2 aliphatic heterocycles. The van der Waals surface area contributed by atoms with Gasteiger partial charge in [0.15, 0.2) is 0 Å². The zero-order valence-electron chi connectivity index (χ0n) is 15.9. The number of imide groups is 1. The predicted molar refractivity (Wildman–Crippen MR) is 106 cm³/mol. The number of carbonyl (C=O) groups excluding carboxylic acids is 3. The van der Waals surface area contributed by atoms with Crippen molar-refractivity contribution in [3.05, 3.63) is 51.3 Å². The average molecular weight is 396 g/mol. The van der Waals surface area contributed by atoms with Gasteiger partial charge in [0, 0.05) is 19.2 Å². The van der Waals surface area contributed by atoms with Gasteiger partial charge in [0.1, 0.15) is 5.82 Å². The average Bonchev–Trinajstić information content (AvgIpc) is 3.01. The molecule has 0 unspecified atom stereocenters. The Morgan fingerprint density at radius 2 is 1.76 bits per heavy atom. The van der Waals surface area contributed by atoms with Gasteiger partial charge >= 0.3 is 5.97 Å². The number of nitrogens with two attached hydrogens (primary N) is 1. The molecular weight excluding hydrogens is 376 g/mol. The second-order valence-electron chi connectivity index (χ2n) is 7.02. The highest BCUT2D eigenvalue weighted by Crippen LogP contribution is 2.31. The summed E-state index contributed by atoms with van der Waals surface area (Å²) < 4.78 is 5.97. The van der Waals surface area contributed by atoms with E-state index in [1.54, 1.807) is 12.1 Å². The lowest BCUT2D eigenvalue weighted by molar-refractivity contribution is 0.0600. The van der Waals surface area contributed by atoms with E-state index in [1.807, 2.05) is 0 Å². The smallest absolute Gasteiger partial charge is 0.337 e. The Balaban J connectivity index is 1.97. The Hall–Kier alpha value is -3.62. The van der Waals surface area contributed by atoms with E-state index in [0.717, 1.165) is 44.1 Å². The van der Waals surface area contributed by atoms with Crippen LogP contribution < -0.4 is 21.5 Å². The molecule has 0 bridgehead atoms. The van der Waals surface area contributed by atoms with Gasteiger partial charge in [-0.25, -0.2) is 4.79 Å². The van der Waals surface area contributed by atoms with Crippen molar-refractivity contribution in [2.75, 3.05) is 30.8 Å². The lowest BCUT2D eigenvalue weighted by Gasteiger charge is -2.31. The number of benzene rings is 1. The number of nitrogens with one attached hydrogen (secondary N) is 1. The maximum Gasteiger partial charge on any atom is 0.337 e. The van der Waals surface area contributed by atoms with Gasteiger partial charge in [-0.15, -0.1) is 0 Å². The van der Waals surface area contributed by atoms with E-state index < -0.39 is 23.3 Å². The van der Waals surface area contributed by atoms with Crippen LogP contribution in [0.2, 0.25) is 0 Å². The van der Waals surface area contributed by atoms with Crippen LogP contribution in [0.5, 0.6) is 0 Å². The summed E-state index contributed by atoms with van der Waals surface area (Å²) in [4.78, 5) is 51.2. The maximum absolute atomic E-state index is 12.9. The third kappa shape index (κ3) is 3.04. The molecule has 1 saturated heterocycles. The van der Waals surface area contributed by atoms with Gasteiger partial charge in [-0.1, -0.05) is 0 Å². The van der Waals surface area contributed by atoms with Gasteiger partial charge in [0.25, 0.3) is 17.4 Å². The van der Waals surface area contributed by atoms with Gasteiger partial charge in [-0.3, -0.25) is 24.3 Å². The van der Waals surface area contributed by atoms with E-state index in [1.165, 1.54) is 17.7 Å². The maximum atomic E-state index is 12.9. The van der Waals surface area contributed by atoms with Crippen molar-refractivity contribution >= 4 is 29.3 Å². The van der Waals surface area contributed by atoms with E-state index in [9.17, 15) is 19.2 Å². The van der Waals surface area contributed by atoms with Gasteiger partial charge < -0.3 is 15.4 Å². The number of nitrogens with zero attached hydrogens (tertiary/aromatic N) is 2. The number of amides is 2. The Kier molecular flexibility index (Phi) is 4.57. The van der Waals surface area contributed by atoms with Gasteiger partial charge in [-0.2, -0.15) is 0 Å². The summed E-state index contributed by atoms with van der Waals surface area (Å²) in [7, 11) is 1.27. The number of hydrogen-bond acceptors (Lipinski definition) is 7. The van der Waals surface area contributed by atoms with Gasteiger partial charge in [0.05, 0.1) is 35.2 Å². The number of anilines is 2. The SMILES string of the molecule is COC(=O)c1ccc(N2CCCCC2)c(-n2c(N)c3c(cc2=O)C(=O)NC3=O)c1. The van der Waals surface area contributed by atoms with Crippen molar-refractivity contribution in [1.29, 1.82) is 0 Å². The number of methoxy groups -OCH3 is 1. The highest BCUT2D eigenvalue weighted by Gasteiger charge is 2.32. The van der Waals surface area contributed by atoms with Crippen LogP contribution in [0.3, 0.4) is 0 Å². The molecule has 1 aromatic heterocycles. The summed E-state index contributed by atoms with van der Waals surface area (Å²) in [5, 5.41) is 2.15. The first-order valence-electron chi connectivity index (χ1n) is 9.31. The summed E-state index contributed by atoms with van der Waals surface area (Å²) in [6.45, 7) is 1.59. The molecule has 0 spiro atoms. The van der Waals surface area contributed by atoms with Crippen molar-refractivity contribution in [3.8, 4) is 5.69 Å². The summed E-state index contributed by atoms with van der Waals surface area (Å²) in [5.74, 6) is -2.01. The van der Waals surface area contributed by atoms with E-state index in [0.29, 0.717) is 5.69 Å². The number of carbonyl (C=O) groups is 3. The van der Waals surface area contributed by atoms with Crippen LogP contribution in [0.4, 0.5) is 11.5 Å². The van der Waals surface area contributed by atoms with Crippen LogP contribution in [0.25, 0.3) is 5.69 Å². The quantitative estimate of drug-likeness (QED) is 0.588. The van der Waals surface area contributed by atoms with Crippen LogP contribution in [0, 0.1) is 0 Å². The Morgan fingerprint density at radius 1 is 1.03 bits per heavy atom. The summed E-state index contributed by atoms with van der Waals surface area (Å²) >= 11 is 0. The summed E-state index contributed by atoms with van der Waals surface area (Å²) in [5.41, 5.74) is 6.88. The molecule has 3 N–H and O–H groups in total. The number of esters is 1. The number of aromatic nitrogens is 1. The zero-order chi connectivity index (χ0) is 20.7. The molecule has 150 valence electrons. The molecule has 4 rings (SSSR count). The third-order valence-electron chi connectivity index (χ3n) is 5.29. The fourth-order valence-electron chi connectivity index (χ4n) is 3.88. The fourth-order valence-corrected chi connectivity index (χ4v) is 3.88. The minimum Gasteiger partial charge on any atom is -0.465 e. The summed E-state index contributed by atoms with van der Waals surface area (Å²) in [6, 6.07) is 5.99. The Labute approximate surface area is 166 Å². The molecule has 3 heterocycles. The van der Waals surface area contributed by atoms with E-state index >= 15 is 0 Å². The Morgan fingerprint density at radius 3 is 2.45 bits per heavy atom. The Bertz CT molecular complexity index is 1100. The topological polar surface area (TPSA) is 124 Å². The standard InChI is InChI=1S/C20H20N4O5/c1-29-20(28)11-5-6-13(23-7-3-2-4-8-23)14(9-11)24-15(25)10-12-16(17(24)21)19(27)22-18(12)26/h5-6,9-10H,2-4,7-8,21H2,1H3,(H,22,26,27). The monoisotopic (exact) mass is 396 g/mol. The first kappa shape index (κ1) is 18.7. The van der Waals surface area contributed by atoms with Crippen LogP contribution >= 0.6 is 0 Å².